The minimum atomic E-state index is -0.784. The second kappa shape index (κ2) is 4.68. The van der Waals surface area contributed by atoms with Crippen molar-refractivity contribution in [3.8, 4) is 0 Å². The molecule has 0 spiro atoms. The predicted molar refractivity (Wildman–Crippen MR) is 61.9 cm³/mol. The molecular formula is C11H17N3O4. The maximum absolute atomic E-state index is 12.0. The van der Waals surface area contributed by atoms with Gasteiger partial charge < -0.3 is 14.9 Å². The lowest BCUT2D eigenvalue weighted by molar-refractivity contribution is -0.0463. The highest BCUT2D eigenvalue weighted by atomic mass is 16.5. The highest BCUT2D eigenvalue weighted by Crippen LogP contribution is 2.27. The van der Waals surface area contributed by atoms with Gasteiger partial charge in [0, 0.05) is 25.2 Å². The summed E-state index contributed by atoms with van der Waals surface area (Å²) < 4.78 is 8.00. The average molecular weight is 255 g/mol. The Labute approximate surface area is 103 Å². The van der Waals surface area contributed by atoms with Crippen LogP contribution >= 0.6 is 0 Å². The Morgan fingerprint density at radius 3 is 2.83 bits per heavy atom. The Bertz CT molecular complexity index is 562. The van der Waals surface area contributed by atoms with Gasteiger partial charge in [0.05, 0.1) is 12.7 Å². The molecule has 3 N–H and O–H groups in total. The Hall–Kier alpha value is -1.44. The van der Waals surface area contributed by atoms with E-state index in [-0.39, 0.29) is 24.2 Å². The van der Waals surface area contributed by atoms with Crippen molar-refractivity contribution >= 4 is 0 Å². The van der Waals surface area contributed by atoms with Crippen molar-refractivity contribution in [3.63, 3.8) is 0 Å². The van der Waals surface area contributed by atoms with Crippen molar-refractivity contribution in [2.75, 3.05) is 6.61 Å². The zero-order valence-corrected chi connectivity index (χ0v) is 10.3. The molecule has 0 aromatic carbocycles. The predicted octanol–water partition coefficient (Wildman–Crippen LogP) is -1.38. The van der Waals surface area contributed by atoms with Crippen LogP contribution in [0.25, 0.3) is 0 Å². The SMILES string of the molecule is Cc1cn([C@H]2C[C@H](O)[C@@H](CO)O2)c(=O)n(C)c1=N. The van der Waals surface area contributed by atoms with Crippen molar-refractivity contribution in [1.82, 2.24) is 9.13 Å². The van der Waals surface area contributed by atoms with Crippen LogP contribution in [0.3, 0.4) is 0 Å². The van der Waals surface area contributed by atoms with E-state index in [0.717, 1.165) is 0 Å². The summed E-state index contributed by atoms with van der Waals surface area (Å²) in [5.41, 5.74) is 0.414. The summed E-state index contributed by atoms with van der Waals surface area (Å²) in [5, 5.41) is 26.4. The van der Waals surface area contributed by atoms with E-state index in [9.17, 15) is 9.90 Å². The fourth-order valence-electron chi connectivity index (χ4n) is 2.11. The van der Waals surface area contributed by atoms with Gasteiger partial charge in [-0.15, -0.1) is 0 Å². The van der Waals surface area contributed by atoms with Gasteiger partial charge >= 0.3 is 5.69 Å². The number of aromatic nitrogens is 2. The van der Waals surface area contributed by atoms with Gasteiger partial charge in [-0.25, -0.2) is 4.79 Å². The van der Waals surface area contributed by atoms with Crippen LogP contribution in [0.4, 0.5) is 0 Å². The first-order valence-corrected chi connectivity index (χ1v) is 5.73. The molecule has 1 saturated heterocycles. The van der Waals surface area contributed by atoms with Gasteiger partial charge in [0.1, 0.15) is 17.8 Å². The number of nitrogens with zero attached hydrogens (tertiary/aromatic N) is 2. The molecule has 0 radical (unpaired) electrons. The van der Waals surface area contributed by atoms with Crippen LogP contribution in [0.5, 0.6) is 0 Å². The fraction of sp³-hybridized carbons (Fsp3) is 0.636. The maximum atomic E-state index is 12.0. The van der Waals surface area contributed by atoms with Crippen molar-refractivity contribution in [2.24, 2.45) is 7.05 Å². The summed E-state index contributed by atoms with van der Waals surface area (Å²) in [6.45, 7) is 1.45. The zero-order valence-electron chi connectivity index (χ0n) is 10.3. The van der Waals surface area contributed by atoms with Gasteiger partial charge in [-0.05, 0) is 6.92 Å². The molecule has 3 atom stereocenters. The van der Waals surface area contributed by atoms with Crippen molar-refractivity contribution in [3.05, 3.63) is 27.7 Å². The molecule has 2 heterocycles. The topological polar surface area (TPSA) is 100 Å². The minimum Gasteiger partial charge on any atom is -0.394 e. The number of ether oxygens (including phenoxy) is 1. The lowest BCUT2D eigenvalue weighted by Gasteiger charge is -2.16. The summed E-state index contributed by atoms with van der Waals surface area (Å²) in [6, 6.07) is 0. The summed E-state index contributed by atoms with van der Waals surface area (Å²) in [4.78, 5) is 12.0. The lowest BCUT2D eigenvalue weighted by atomic mass is 10.2. The average Bonchev–Trinajstić information content (AvgIpc) is 2.72. The molecule has 1 aromatic heterocycles. The van der Waals surface area contributed by atoms with Gasteiger partial charge in [-0.1, -0.05) is 0 Å². The lowest BCUT2D eigenvalue weighted by Crippen LogP contribution is -2.40. The van der Waals surface area contributed by atoms with E-state index in [0.29, 0.717) is 5.56 Å². The molecule has 1 fully saturated rings. The van der Waals surface area contributed by atoms with Crippen molar-refractivity contribution < 1.29 is 14.9 Å². The Morgan fingerprint density at radius 2 is 2.28 bits per heavy atom. The molecular weight excluding hydrogens is 238 g/mol. The molecule has 18 heavy (non-hydrogen) atoms. The number of nitrogens with one attached hydrogen (secondary N) is 1. The Balaban J connectivity index is 2.42. The van der Waals surface area contributed by atoms with E-state index in [4.69, 9.17) is 15.3 Å². The van der Waals surface area contributed by atoms with E-state index in [2.05, 4.69) is 0 Å². The molecule has 1 aliphatic rings. The van der Waals surface area contributed by atoms with Crippen LogP contribution in [0.2, 0.25) is 0 Å². The van der Waals surface area contributed by atoms with E-state index in [1.54, 1.807) is 13.1 Å². The van der Waals surface area contributed by atoms with Gasteiger partial charge in [-0.3, -0.25) is 14.5 Å². The molecule has 7 heteroatoms. The standard InChI is InChI=1S/C11H17N3O4/c1-6-4-14(11(17)13(2)10(6)12)9-3-7(16)8(5-15)18-9/h4,7-9,12,15-16H,3,5H2,1-2H3/t7-,8+,9+/m0/s1. The molecule has 2 rings (SSSR count). The van der Waals surface area contributed by atoms with Crippen LogP contribution in [-0.2, 0) is 11.8 Å². The first-order chi connectivity index (χ1) is 8.45. The van der Waals surface area contributed by atoms with Gasteiger partial charge in [0.15, 0.2) is 0 Å². The normalized spacial score (nSPS) is 27.7. The molecule has 0 bridgehead atoms. The van der Waals surface area contributed by atoms with Crippen LogP contribution in [0, 0.1) is 12.3 Å². The van der Waals surface area contributed by atoms with E-state index in [1.807, 2.05) is 0 Å². The summed E-state index contributed by atoms with van der Waals surface area (Å²) in [6.07, 6.45) is -0.254. The number of aryl methyl sites for hydroxylation is 1. The minimum absolute atomic E-state index is 0.147. The van der Waals surface area contributed by atoms with Gasteiger partial charge in [0.25, 0.3) is 0 Å². The number of aliphatic hydroxyl groups is 2. The molecule has 100 valence electrons. The second-order valence-electron chi connectivity index (χ2n) is 4.52. The molecule has 1 aliphatic heterocycles. The molecule has 0 unspecified atom stereocenters. The molecule has 0 aliphatic carbocycles. The number of rotatable bonds is 2. The van der Waals surface area contributed by atoms with Crippen LogP contribution in [-0.4, -0.2) is 38.2 Å². The molecule has 0 saturated carbocycles. The third-order valence-electron chi connectivity index (χ3n) is 3.24. The summed E-state index contributed by atoms with van der Waals surface area (Å²) in [5.74, 6) is 0. The number of hydrogen-bond donors (Lipinski definition) is 3. The van der Waals surface area contributed by atoms with E-state index >= 15 is 0 Å². The first kappa shape index (κ1) is 13.0. The second-order valence-corrected chi connectivity index (χ2v) is 4.52. The molecule has 1 aromatic rings. The van der Waals surface area contributed by atoms with Gasteiger partial charge in [0.2, 0.25) is 0 Å². The number of aliphatic hydroxyl groups excluding tert-OH is 2. The molecule has 0 amide bonds. The monoisotopic (exact) mass is 255 g/mol. The zero-order chi connectivity index (χ0) is 13.4. The third-order valence-corrected chi connectivity index (χ3v) is 3.24. The van der Waals surface area contributed by atoms with E-state index < -0.39 is 18.4 Å². The highest BCUT2D eigenvalue weighted by Gasteiger charge is 2.35. The molecule has 7 nitrogen and oxygen atoms in total. The summed E-state index contributed by atoms with van der Waals surface area (Å²) in [7, 11) is 1.52. The van der Waals surface area contributed by atoms with Crippen molar-refractivity contribution in [1.29, 1.82) is 5.41 Å². The highest BCUT2D eigenvalue weighted by molar-refractivity contribution is 5.01. The van der Waals surface area contributed by atoms with Crippen LogP contribution < -0.4 is 11.2 Å². The van der Waals surface area contributed by atoms with Gasteiger partial charge in [-0.2, -0.15) is 0 Å². The quantitative estimate of drug-likeness (QED) is 0.606. The summed E-state index contributed by atoms with van der Waals surface area (Å²) >= 11 is 0. The maximum Gasteiger partial charge on any atom is 0.331 e. The fourth-order valence-corrected chi connectivity index (χ4v) is 2.11. The van der Waals surface area contributed by atoms with Crippen LogP contribution in [0.15, 0.2) is 11.0 Å². The Kier molecular flexibility index (Phi) is 3.38. The smallest absolute Gasteiger partial charge is 0.331 e. The Morgan fingerprint density at radius 1 is 1.61 bits per heavy atom. The van der Waals surface area contributed by atoms with E-state index in [1.165, 1.54) is 16.2 Å². The van der Waals surface area contributed by atoms with Crippen LogP contribution in [0.1, 0.15) is 18.2 Å². The first-order valence-electron chi connectivity index (χ1n) is 5.73. The third kappa shape index (κ3) is 2.00. The number of hydrogen-bond acceptors (Lipinski definition) is 5. The largest absolute Gasteiger partial charge is 0.394 e. The van der Waals surface area contributed by atoms with Crippen molar-refractivity contribution in [2.45, 2.75) is 31.8 Å².